The SMILES string of the molecule is CC1C2CC3C4C5C6CC(C(C)C6(C)C5(C)C13C)C24C. The Bertz CT molecular complexity index is 564. The molecule has 0 saturated heterocycles. The van der Waals surface area contributed by atoms with Crippen LogP contribution in [0.5, 0.6) is 0 Å². The highest BCUT2D eigenvalue weighted by atomic mass is 15.0. The van der Waals surface area contributed by atoms with Gasteiger partial charge in [-0.25, -0.2) is 0 Å². The van der Waals surface area contributed by atoms with Gasteiger partial charge in [0.1, 0.15) is 0 Å². The number of hydrogen-bond donors (Lipinski definition) is 0. The summed E-state index contributed by atoms with van der Waals surface area (Å²) >= 11 is 0. The van der Waals surface area contributed by atoms with Crippen LogP contribution in [0.15, 0.2) is 0 Å². The van der Waals surface area contributed by atoms with Gasteiger partial charge in [0.25, 0.3) is 0 Å². The van der Waals surface area contributed by atoms with Crippen molar-refractivity contribution >= 4 is 0 Å². The van der Waals surface area contributed by atoms with Crippen LogP contribution in [0, 0.1) is 69.0 Å². The van der Waals surface area contributed by atoms with Crippen molar-refractivity contribution in [3.63, 3.8) is 0 Å². The first kappa shape index (κ1) is 11.6. The van der Waals surface area contributed by atoms with Crippen LogP contribution in [0.3, 0.4) is 0 Å². The predicted molar refractivity (Wildman–Crippen MR) is 80.9 cm³/mol. The van der Waals surface area contributed by atoms with Crippen molar-refractivity contribution in [1.82, 2.24) is 0 Å². The Hall–Kier alpha value is 0. The average molecular weight is 270 g/mol. The largest absolute Gasteiger partial charge is 0.0617 e. The molecule has 0 spiro atoms. The lowest BCUT2D eigenvalue weighted by Crippen LogP contribution is -2.66. The highest BCUT2D eigenvalue weighted by molar-refractivity contribution is 5.41. The highest BCUT2D eigenvalue weighted by Crippen LogP contribution is 2.98. The monoisotopic (exact) mass is 270 g/mol. The van der Waals surface area contributed by atoms with Gasteiger partial charge in [0, 0.05) is 0 Å². The van der Waals surface area contributed by atoms with E-state index in [0.29, 0.717) is 16.2 Å². The topological polar surface area (TPSA) is 0 Å². The van der Waals surface area contributed by atoms with Crippen LogP contribution in [-0.4, -0.2) is 0 Å². The molecule has 6 rings (SSSR count). The minimum absolute atomic E-state index is 0.663. The van der Waals surface area contributed by atoms with E-state index in [0.717, 1.165) is 52.8 Å². The summed E-state index contributed by atoms with van der Waals surface area (Å²) < 4.78 is 0. The molecule has 6 saturated carbocycles. The lowest BCUT2D eigenvalue weighted by Gasteiger charge is -2.70. The summed E-state index contributed by atoms with van der Waals surface area (Å²) in [6, 6.07) is 0. The van der Waals surface area contributed by atoms with Gasteiger partial charge >= 0.3 is 0 Å². The van der Waals surface area contributed by atoms with Crippen molar-refractivity contribution < 1.29 is 0 Å². The first-order valence-corrected chi connectivity index (χ1v) is 9.26. The first-order valence-electron chi connectivity index (χ1n) is 9.26. The molecule has 6 aliphatic carbocycles. The average Bonchev–Trinajstić information content (AvgIpc) is 2.98. The van der Waals surface area contributed by atoms with Crippen molar-refractivity contribution in [2.75, 3.05) is 0 Å². The van der Waals surface area contributed by atoms with E-state index in [4.69, 9.17) is 0 Å². The minimum atomic E-state index is 0.663. The van der Waals surface area contributed by atoms with Gasteiger partial charge in [-0.1, -0.05) is 41.5 Å². The molecule has 0 heteroatoms. The smallest absolute Gasteiger partial charge is 0.0173 e. The first-order chi connectivity index (χ1) is 9.26. The van der Waals surface area contributed by atoms with E-state index in [1.165, 1.54) is 0 Å². The number of hydrogen-bond acceptors (Lipinski definition) is 0. The van der Waals surface area contributed by atoms with Crippen LogP contribution in [0.4, 0.5) is 0 Å². The third kappa shape index (κ3) is 0.589. The molecule has 0 nitrogen and oxygen atoms in total. The van der Waals surface area contributed by atoms with E-state index in [1.807, 2.05) is 0 Å². The number of fused-ring (bicyclic) bond motifs is 6. The van der Waals surface area contributed by atoms with E-state index in [1.54, 1.807) is 12.8 Å². The van der Waals surface area contributed by atoms with Crippen LogP contribution in [0.1, 0.15) is 54.4 Å². The summed E-state index contributed by atoms with van der Waals surface area (Å²) in [6.45, 7) is 16.3. The third-order valence-electron chi connectivity index (χ3n) is 12.1. The van der Waals surface area contributed by atoms with Crippen LogP contribution in [0.2, 0.25) is 0 Å². The molecule has 20 heavy (non-hydrogen) atoms. The molecule has 0 aromatic rings. The van der Waals surface area contributed by atoms with E-state index in [-0.39, 0.29) is 0 Å². The zero-order chi connectivity index (χ0) is 14.0. The Labute approximate surface area is 124 Å². The maximum atomic E-state index is 2.76. The fraction of sp³-hybridized carbons (Fsp3) is 1.00. The zero-order valence-corrected chi connectivity index (χ0v) is 14.0. The normalized spacial score (nSPS) is 84.9. The lowest BCUT2D eigenvalue weighted by atomic mass is 9.34. The van der Waals surface area contributed by atoms with Crippen LogP contribution >= 0.6 is 0 Å². The summed E-state index contributed by atoms with van der Waals surface area (Å²) in [5, 5.41) is 0. The van der Waals surface area contributed by atoms with Gasteiger partial charge < -0.3 is 0 Å². The van der Waals surface area contributed by atoms with Crippen LogP contribution in [-0.2, 0) is 0 Å². The lowest BCUT2D eigenvalue weighted by molar-refractivity contribution is -0.232. The van der Waals surface area contributed by atoms with Gasteiger partial charge in [0.15, 0.2) is 0 Å². The van der Waals surface area contributed by atoms with Gasteiger partial charge in [-0.15, -0.1) is 0 Å². The van der Waals surface area contributed by atoms with Crippen LogP contribution in [0.25, 0.3) is 0 Å². The molecule has 110 valence electrons. The maximum absolute atomic E-state index is 2.76. The molecule has 4 bridgehead atoms. The molecular formula is C20H30. The van der Waals surface area contributed by atoms with E-state index in [9.17, 15) is 0 Å². The molecule has 0 radical (unpaired) electrons. The summed E-state index contributed by atoms with van der Waals surface area (Å²) in [5.41, 5.74) is 2.72. The van der Waals surface area contributed by atoms with E-state index >= 15 is 0 Å². The van der Waals surface area contributed by atoms with Crippen LogP contribution < -0.4 is 0 Å². The second kappa shape index (κ2) is 2.46. The predicted octanol–water partition coefficient (Wildman–Crippen LogP) is 4.84. The molecule has 12 unspecified atom stereocenters. The molecular weight excluding hydrogens is 240 g/mol. The standard InChI is InChI=1S/C20H30/c1-9-11-7-13-15-16-14-8-12(17(11,15)3)10(2)19(14,5)20(16,6)18(9,13)4/h9-16H,7-8H2,1-6H3. The Morgan fingerprint density at radius 1 is 0.650 bits per heavy atom. The Morgan fingerprint density at radius 3 is 1.60 bits per heavy atom. The zero-order valence-electron chi connectivity index (χ0n) is 14.0. The van der Waals surface area contributed by atoms with Gasteiger partial charge in [0.2, 0.25) is 0 Å². The van der Waals surface area contributed by atoms with Crippen molar-refractivity contribution in [2.45, 2.75) is 54.4 Å². The van der Waals surface area contributed by atoms with Crippen molar-refractivity contribution in [2.24, 2.45) is 69.0 Å². The van der Waals surface area contributed by atoms with Gasteiger partial charge in [-0.3, -0.25) is 0 Å². The minimum Gasteiger partial charge on any atom is -0.0617 e. The maximum Gasteiger partial charge on any atom is -0.0173 e. The third-order valence-corrected chi connectivity index (χ3v) is 12.1. The van der Waals surface area contributed by atoms with E-state index < -0.39 is 0 Å². The molecule has 0 aromatic carbocycles. The second-order valence-corrected chi connectivity index (χ2v) is 10.7. The molecule has 0 amide bonds. The fourth-order valence-electron chi connectivity index (χ4n) is 11.4. The molecule has 0 heterocycles. The van der Waals surface area contributed by atoms with Crippen molar-refractivity contribution in [1.29, 1.82) is 0 Å². The molecule has 0 aromatic heterocycles. The molecule has 12 atom stereocenters. The summed E-state index contributed by atoms with van der Waals surface area (Å²) in [7, 11) is 0. The Kier molecular flexibility index (Phi) is 1.42. The number of rotatable bonds is 0. The summed E-state index contributed by atoms with van der Waals surface area (Å²) in [5.74, 6) is 8.48. The van der Waals surface area contributed by atoms with Gasteiger partial charge in [-0.2, -0.15) is 0 Å². The highest BCUT2D eigenvalue weighted by Gasteiger charge is 2.94. The Morgan fingerprint density at radius 2 is 1.10 bits per heavy atom. The van der Waals surface area contributed by atoms with Crippen molar-refractivity contribution in [3.05, 3.63) is 0 Å². The molecule has 6 aliphatic rings. The fourth-order valence-corrected chi connectivity index (χ4v) is 11.4. The van der Waals surface area contributed by atoms with Crippen molar-refractivity contribution in [3.8, 4) is 0 Å². The molecule has 0 N–H and O–H groups in total. The second-order valence-electron chi connectivity index (χ2n) is 10.7. The summed E-state index contributed by atoms with van der Waals surface area (Å²) in [4.78, 5) is 0. The van der Waals surface area contributed by atoms with Gasteiger partial charge in [0.05, 0.1) is 0 Å². The summed E-state index contributed by atoms with van der Waals surface area (Å²) in [6.07, 6.45) is 3.19. The van der Waals surface area contributed by atoms with E-state index in [2.05, 4.69) is 41.5 Å². The van der Waals surface area contributed by atoms with Gasteiger partial charge in [-0.05, 0) is 81.8 Å². The quantitative estimate of drug-likeness (QED) is 0.590. The molecule has 0 aliphatic heterocycles. The molecule has 6 fully saturated rings. The Balaban J connectivity index is 1.76.